The van der Waals surface area contributed by atoms with Crippen LogP contribution in [0.4, 0.5) is 20.2 Å². The summed E-state index contributed by atoms with van der Waals surface area (Å²) in [5.41, 5.74) is 1.27. The minimum absolute atomic E-state index is 0.0594. The molecule has 194 valence electrons. The number of nitrogens with one attached hydrogen (secondary N) is 2. The van der Waals surface area contributed by atoms with Crippen LogP contribution in [0, 0.1) is 28.7 Å². The average Bonchev–Trinajstić information content (AvgIpc) is 3.30. The Bertz CT molecular complexity index is 1490. The molecule has 0 fully saturated rings. The first-order valence-electron chi connectivity index (χ1n) is 11.1. The van der Waals surface area contributed by atoms with E-state index in [1.54, 1.807) is 11.5 Å². The highest BCUT2D eigenvalue weighted by Gasteiger charge is 2.19. The van der Waals surface area contributed by atoms with E-state index >= 15 is 0 Å². The molecular weight excluding hydrogens is 518 g/mol. The second-order valence-electron chi connectivity index (χ2n) is 8.00. The molecule has 4 rings (SSSR count). The Labute approximate surface area is 219 Å². The largest absolute Gasteiger partial charge is 0.345 e. The summed E-state index contributed by atoms with van der Waals surface area (Å²) in [5, 5.41) is 25.1. The molecule has 2 N–H and O–H groups in total. The molecule has 0 bridgehead atoms. The summed E-state index contributed by atoms with van der Waals surface area (Å²) in [5.74, 6) is -1.58. The first-order chi connectivity index (χ1) is 18.2. The molecule has 0 aliphatic heterocycles. The quantitative estimate of drug-likeness (QED) is 0.183. The standard InChI is InChI=1S/C25H20F2N6O4S/c1-15-2-3-16(12-21(15)33(36)37)24(35)28-13-22-30-31-25(32(22)20-10-6-18(27)7-11-20)38-14-23(34)29-19-8-4-17(26)5-9-19/h2-12H,13-14H2,1H3,(H,28,35)(H,29,34). The van der Waals surface area contributed by atoms with Gasteiger partial charge in [-0.05, 0) is 61.5 Å². The highest BCUT2D eigenvalue weighted by Crippen LogP contribution is 2.23. The number of aromatic nitrogens is 3. The molecule has 0 saturated carbocycles. The van der Waals surface area contributed by atoms with Gasteiger partial charge in [0.2, 0.25) is 5.91 Å². The van der Waals surface area contributed by atoms with Crippen LogP contribution < -0.4 is 10.6 Å². The number of hydrogen-bond donors (Lipinski definition) is 2. The third-order valence-electron chi connectivity index (χ3n) is 5.32. The van der Waals surface area contributed by atoms with Crippen LogP contribution in [0.2, 0.25) is 0 Å². The van der Waals surface area contributed by atoms with Crippen LogP contribution >= 0.6 is 11.8 Å². The van der Waals surface area contributed by atoms with Gasteiger partial charge >= 0.3 is 0 Å². The van der Waals surface area contributed by atoms with Crippen LogP contribution in [0.25, 0.3) is 5.69 Å². The summed E-state index contributed by atoms with van der Waals surface area (Å²) in [6.45, 7) is 1.47. The van der Waals surface area contributed by atoms with Crippen LogP contribution in [0.5, 0.6) is 0 Å². The van der Waals surface area contributed by atoms with Crippen molar-refractivity contribution in [1.82, 2.24) is 20.1 Å². The van der Waals surface area contributed by atoms with Gasteiger partial charge in [-0.3, -0.25) is 24.3 Å². The van der Waals surface area contributed by atoms with Gasteiger partial charge in [-0.1, -0.05) is 17.8 Å². The molecule has 0 atom stereocenters. The van der Waals surface area contributed by atoms with Gasteiger partial charge in [0.1, 0.15) is 11.6 Å². The lowest BCUT2D eigenvalue weighted by atomic mass is 10.1. The fourth-order valence-electron chi connectivity index (χ4n) is 3.43. The maximum absolute atomic E-state index is 13.5. The molecular formula is C25H20F2N6O4S. The van der Waals surface area contributed by atoms with E-state index in [0.717, 1.165) is 11.8 Å². The van der Waals surface area contributed by atoms with Crippen molar-refractivity contribution in [2.24, 2.45) is 0 Å². The summed E-state index contributed by atoms with van der Waals surface area (Å²) in [6.07, 6.45) is 0. The summed E-state index contributed by atoms with van der Waals surface area (Å²) >= 11 is 1.06. The number of nitrogens with zero attached hydrogens (tertiary/aromatic N) is 4. The Hall–Kier alpha value is -4.65. The molecule has 0 unspecified atom stereocenters. The molecule has 4 aromatic rings. The summed E-state index contributed by atoms with van der Waals surface area (Å²) < 4.78 is 28.2. The smallest absolute Gasteiger partial charge is 0.273 e. The molecule has 0 spiro atoms. The topological polar surface area (TPSA) is 132 Å². The molecule has 10 nitrogen and oxygen atoms in total. The molecule has 3 aromatic carbocycles. The number of nitro benzene ring substituents is 1. The van der Waals surface area contributed by atoms with E-state index in [2.05, 4.69) is 20.8 Å². The molecule has 1 heterocycles. The molecule has 0 aliphatic carbocycles. The average molecular weight is 539 g/mol. The zero-order valence-corrected chi connectivity index (χ0v) is 20.7. The summed E-state index contributed by atoms with van der Waals surface area (Å²) in [4.78, 5) is 35.7. The van der Waals surface area contributed by atoms with E-state index in [0.29, 0.717) is 22.1 Å². The Morgan fingerprint density at radius 3 is 2.32 bits per heavy atom. The van der Waals surface area contributed by atoms with Gasteiger partial charge in [0.05, 0.1) is 17.2 Å². The van der Waals surface area contributed by atoms with Crippen LogP contribution in [0.1, 0.15) is 21.7 Å². The number of carbonyl (C=O) groups is 2. The van der Waals surface area contributed by atoms with Crippen LogP contribution in [0.3, 0.4) is 0 Å². The number of amides is 2. The molecule has 13 heteroatoms. The lowest BCUT2D eigenvalue weighted by molar-refractivity contribution is -0.385. The third-order valence-corrected chi connectivity index (χ3v) is 6.25. The molecule has 0 radical (unpaired) electrons. The van der Waals surface area contributed by atoms with E-state index in [9.17, 15) is 28.5 Å². The zero-order valence-electron chi connectivity index (χ0n) is 19.9. The minimum Gasteiger partial charge on any atom is -0.345 e. The van der Waals surface area contributed by atoms with Crippen LogP contribution in [-0.2, 0) is 11.3 Å². The van der Waals surface area contributed by atoms with Gasteiger partial charge in [-0.25, -0.2) is 8.78 Å². The monoisotopic (exact) mass is 538 g/mol. The Morgan fingerprint density at radius 2 is 1.66 bits per heavy atom. The van der Waals surface area contributed by atoms with Crippen molar-refractivity contribution in [1.29, 1.82) is 0 Å². The maximum atomic E-state index is 13.5. The number of anilines is 1. The van der Waals surface area contributed by atoms with Gasteiger partial charge in [0, 0.05) is 28.6 Å². The van der Waals surface area contributed by atoms with Crippen molar-refractivity contribution >= 4 is 35.0 Å². The van der Waals surface area contributed by atoms with E-state index in [4.69, 9.17) is 0 Å². The predicted octanol–water partition coefficient (Wildman–Crippen LogP) is 4.42. The fourth-order valence-corrected chi connectivity index (χ4v) is 4.20. The summed E-state index contributed by atoms with van der Waals surface area (Å²) in [6, 6.07) is 15.0. The van der Waals surface area contributed by atoms with Crippen LogP contribution in [-0.4, -0.2) is 37.3 Å². The van der Waals surface area contributed by atoms with Gasteiger partial charge < -0.3 is 10.6 Å². The highest BCUT2D eigenvalue weighted by molar-refractivity contribution is 7.99. The second-order valence-corrected chi connectivity index (χ2v) is 8.94. The number of rotatable bonds is 9. The number of halogens is 2. The number of carbonyl (C=O) groups excluding carboxylic acids is 2. The normalized spacial score (nSPS) is 10.7. The van der Waals surface area contributed by atoms with Gasteiger partial charge in [-0.15, -0.1) is 10.2 Å². The SMILES string of the molecule is Cc1ccc(C(=O)NCc2nnc(SCC(=O)Nc3ccc(F)cc3)n2-c2ccc(F)cc2)cc1[N+](=O)[O-]. The van der Waals surface area contributed by atoms with E-state index in [1.165, 1.54) is 66.7 Å². The fraction of sp³-hybridized carbons (Fsp3) is 0.120. The van der Waals surface area contributed by atoms with Crippen molar-refractivity contribution in [3.8, 4) is 5.69 Å². The minimum atomic E-state index is -0.562. The molecule has 2 amide bonds. The van der Waals surface area contributed by atoms with Gasteiger partial charge in [-0.2, -0.15) is 0 Å². The molecule has 1 aromatic heterocycles. The molecule has 0 saturated heterocycles. The Morgan fingerprint density at radius 1 is 1.00 bits per heavy atom. The van der Waals surface area contributed by atoms with Gasteiger partial charge in [0.15, 0.2) is 11.0 Å². The lowest BCUT2D eigenvalue weighted by Crippen LogP contribution is -2.25. The number of hydrogen-bond acceptors (Lipinski definition) is 7. The number of aryl methyl sites for hydroxylation is 1. The third kappa shape index (κ3) is 6.37. The molecule has 0 aliphatic rings. The molecule has 38 heavy (non-hydrogen) atoms. The number of benzene rings is 3. The first-order valence-corrected chi connectivity index (χ1v) is 12.1. The highest BCUT2D eigenvalue weighted by atomic mass is 32.2. The Balaban J connectivity index is 1.51. The zero-order chi connectivity index (χ0) is 27.2. The lowest BCUT2D eigenvalue weighted by Gasteiger charge is -2.11. The van der Waals surface area contributed by atoms with Crippen LogP contribution in [0.15, 0.2) is 71.9 Å². The van der Waals surface area contributed by atoms with Crippen molar-refractivity contribution in [2.45, 2.75) is 18.6 Å². The Kier molecular flexibility index (Phi) is 8.06. The van der Waals surface area contributed by atoms with Crippen molar-refractivity contribution < 1.29 is 23.3 Å². The number of thioether (sulfide) groups is 1. The first kappa shape index (κ1) is 26.4. The maximum Gasteiger partial charge on any atom is 0.273 e. The van der Waals surface area contributed by atoms with Crippen molar-refractivity contribution in [3.05, 3.63) is 105 Å². The second kappa shape index (κ2) is 11.6. The number of nitro groups is 1. The summed E-state index contributed by atoms with van der Waals surface area (Å²) in [7, 11) is 0. The van der Waals surface area contributed by atoms with E-state index in [-0.39, 0.29) is 35.3 Å². The van der Waals surface area contributed by atoms with E-state index < -0.39 is 22.5 Å². The predicted molar refractivity (Wildman–Crippen MR) is 136 cm³/mol. The van der Waals surface area contributed by atoms with Crippen molar-refractivity contribution in [2.75, 3.05) is 11.1 Å². The van der Waals surface area contributed by atoms with Crippen molar-refractivity contribution in [3.63, 3.8) is 0 Å². The van der Waals surface area contributed by atoms with E-state index in [1.807, 2.05) is 0 Å². The van der Waals surface area contributed by atoms with Gasteiger partial charge in [0.25, 0.3) is 11.6 Å².